The largest absolute Gasteiger partial charge is 0.447 e. The van der Waals surface area contributed by atoms with Gasteiger partial charge in [-0.05, 0) is 24.3 Å². The number of para-hydroxylation sites is 1. The molecule has 3 aromatic rings. The van der Waals surface area contributed by atoms with E-state index in [1.54, 1.807) is 24.3 Å². The van der Waals surface area contributed by atoms with Crippen LogP contribution in [0.3, 0.4) is 0 Å². The summed E-state index contributed by atoms with van der Waals surface area (Å²) in [5.41, 5.74) is 2.24. The fourth-order valence-corrected chi connectivity index (χ4v) is 3.75. The van der Waals surface area contributed by atoms with E-state index in [1.807, 2.05) is 18.2 Å². The van der Waals surface area contributed by atoms with Crippen molar-refractivity contribution in [1.29, 1.82) is 0 Å². The molecule has 1 atom stereocenters. The van der Waals surface area contributed by atoms with Crippen LogP contribution in [0.15, 0.2) is 64.7 Å². The lowest BCUT2D eigenvalue weighted by atomic mass is 10.1. The van der Waals surface area contributed by atoms with Crippen molar-refractivity contribution in [3.8, 4) is 17.1 Å². The van der Waals surface area contributed by atoms with Crippen molar-refractivity contribution in [3.63, 3.8) is 0 Å². The zero-order valence-electron chi connectivity index (χ0n) is 14.9. The number of halogens is 1. The van der Waals surface area contributed by atoms with Crippen molar-refractivity contribution in [1.82, 2.24) is 15.2 Å². The lowest BCUT2D eigenvalue weighted by Gasteiger charge is -2.19. The Bertz CT molecular complexity index is 1110. The van der Waals surface area contributed by atoms with Crippen molar-refractivity contribution in [2.75, 3.05) is 11.1 Å². The molecule has 4 rings (SSSR count). The van der Waals surface area contributed by atoms with Gasteiger partial charge in [-0.2, -0.15) is 4.98 Å². The third-order valence-corrected chi connectivity index (χ3v) is 5.46. The molecular weight excluding hydrogens is 458 g/mol. The van der Waals surface area contributed by atoms with Gasteiger partial charge in [0.1, 0.15) is 0 Å². The summed E-state index contributed by atoms with van der Waals surface area (Å²) in [6.45, 7) is 3.69. The van der Waals surface area contributed by atoms with E-state index in [4.69, 9.17) is 4.74 Å². The first kappa shape index (κ1) is 19.3. The molecule has 0 fully saturated rings. The van der Waals surface area contributed by atoms with Gasteiger partial charge in [-0.1, -0.05) is 45.9 Å². The van der Waals surface area contributed by atoms with E-state index >= 15 is 0 Å². The molecular formula is C19H14BrN5O3S. The van der Waals surface area contributed by atoms with Gasteiger partial charge in [0.15, 0.2) is 5.69 Å². The van der Waals surface area contributed by atoms with E-state index in [1.165, 1.54) is 17.8 Å². The Balaban J connectivity index is 1.86. The lowest BCUT2D eigenvalue weighted by molar-refractivity contribution is -0.386. The minimum absolute atomic E-state index is 0.0459. The predicted octanol–water partition coefficient (Wildman–Crippen LogP) is 4.99. The first-order chi connectivity index (χ1) is 14.1. The van der Waals surface area contributed by atoms with Gasteiger partial charge in [-0.15, -0.1) is 16.8 Å². The van der Waals surface area contributed by atoms with Crippen LogP contribution in [-0.2, 0) is 0 Å². The number of rotatable bonds is 5. The molecule has 0 unspecified atom stereocenters. The van der Waals surface area contributed by atoms with E-state index in [0.29, 0.717) is 27.9 Å². The molecule has 1 aromatic heterocycles. The molecule has 0 spiro atoms. The predicted molar refractivity (Wildman–Crippen MR) is 114 cm³/mol. The molecule has 29 heavy (non-hydrogen) atoms. The Morgan fingerprint density at radius 1 is 1.31 bits per heavy atom. The molecule has 0 aliphatic carbocycles. The van der Waals surface area contributed by atoms with Crippen LogP contribution in [0, 0.1) is 10.1 Å². The van der Waals surface area contributed by atoms with Crippen LogP contribution >= 0.6 is 27.7 Å². The molecule has 8 nitrogen and oxygen atoms in total. The van der Waals surface area contributed by atoms with Crippen LogP contribution in [0.5, 0.6) is 5.88 Å². The summed E-state index contributed by atoms with van der Waals surface area (Å²) < 4.78 is 6.94. The Hall–Kier alpha value is -2.98. The maximum absolute atomic E-state index is 11.5. The average molecular weight is 472 g/mol. The van der Waals surface area contributed by atoms with Gasteiger partial charge in [-0.25, -0.2) is 0 Å². The molecule has 0 saturated heterocycles. The maximum atomic E-state index is 11.5. The molecule has 10 heteroatoms. The van der Waals surface area contributed by atoms with Crippen LogP contribution < -0.4 is 10.1 Å². The minimum Gasteiger partial charge on any atom is -0.447 e. The molecule has 0 bridgehead atoms. The quantitative estimate of drug-likeness (QED) is 0.240. The Labute approximate surface area is 178 Å². The summed E-state index contributed by atoms with van der Waals surface area (Å²) in [5, 5.41) is 23.7. The average Bonchev–Trinajstić information content (AvgIpc) is 2.88. The van der Waals surface area contributed by atoms with E-state index < -0.39 is 11.2 Å². The summed E-state index contributed by atoms with van der Waals surface area (Å²) >= 11 is 4.83. The maximum Gasteiger partial charge on any atom is 0.278 e. The number of anilines is 1. The van der Waals surface area contributed by atoms with E-state index in [0.717, 1.165) is 10.0 Å². The fraction of sp³-hybridized carbons (Fsp3) is 0.105. The van der Waals surface area contributed by atoms with E-state index in [9.17, 15) is 10.1 Å². The van der Waals surface area contributed by atoms with Gasteiger partial charge in [0.2, 0.25) is 17.3 Å². The van der Waals surface area contributed by atoms with Gasteiger partial charge < -0.3 is 10.1 Å². The number of nitro benzene ring substituents is 1. The summed E-state index contributed by atoms with van der Waals surface area (Å²) in [4.78, 5) is 15.6. The van der Waals surface area contributed by atoms with Gasteiger partial charge in [0.05, 0.1) is 10.5 Å². The number of hydrogen-bond donors (Lipinski definition) is 1. The van der Waals surface area contributed by atoms with E-state index in [2.05, 4.69) is 43.0 Å². The van der Waals surface area contributed by atoms with Gasteiger partial charge in [0.25, 0.3) is 5.69 Å². The van der Waals surface area contributed by atoms with Crippen LogP contribution in [0.25, 0.3) is 11.3 Å². The molecule has 2 heterocycles. The molecule has 0 saturated carbocycles. The summed E-state index contributed by atoms with van der Waals surface area (Å²) in [5.74, 6) is 0.869. The summed E-state index contributed by atoms with van der Waals surface area (Å²) in [6, 6.07) is 12.0. The Kier molecular flexibility index (Phi) is 5.45. The van der Waals surface area contributed by atoms with Crippen molar-refractivity contribution < 1.29 is 9.66 Å². The second-order valence-corrected chi connectivity index (χ2v) is 7.90. The number of benzene rings is 2. The molecule has 1 N–H and O–H groups in total. The van der Waals surface area contributed by atoms with Gasteiger partial charge in [-0.3, -0.25) is 10.1 Å². The number of aromatic nitrogens is 3. The highest BCUT2D eigenvalue weighted by Gasteiger charge is 2.30. The van der Waals surface area contributed by atoms with Gasteiger partial charge >= 0.3 is 0 Å². The van der Waals surface area contributed by atoms with E-state index in [-0.39, 0.29) is 11.6 Å². The number of nitro groups is 1. The van der Waals surface area contributed by atoms with Crippen molar-refractivity contribution >= 4 is 39.1 Å². The number of nitrogens with one attached hydrogen (secondary N) is 1. The summed E-state index contributed by atoms with van der Waals surface area (Å²) in [6.07, 6.45) is 0.914. The molecule has 2 aromatic carbocycles. The highest BCUT2D eigenvalue weighted by molar-refractivity contribution is 9.10. The second kappa shape index (κ2) is 8.18. The standard InChI is InChI=1S/C19H14BrN5O3S/c1-2-9-29-19-22-18-16(23-24-19)13-10-11(20)7-8-14(13)21-17(28-18)12-5-3-4-6-15(12)25(26)27/h2-8,10,17,21H,1,9H2/t17-/m0/s1. The number of fused-ring (bicyclic) bond motifs is 3. The zero-order valence-corrected chi connectivity index (χ0v) is 17.3. The monoisotopic (exact) mass is 471 g/mol. The normalized spacial score (nSPS) is 14.6. The first-order valence-corrected chi connectivity index (χ1v) is 10.3. The summed E-state index contributed by atoms with van der Waals surface area (Å²) in [7, 11) is 0. The molecule has 0 amide bonds. The Morgan fingerprint density at radius 3 is 2.93 bits per heavy atom. The topological polar surface area (TPSA) is 103 Å². The number of thioether (sulfide) groups is 1. The van der Waals surface area contributed by atoms with Crippen molar-refractivity contribution in [2.24, 2.45) is 0 Å². The van der Waals surface area contributed by atoms with Crippen molar-refractivity contribution in [2.45, 2.75) is 11.4 Å². The van der Waals surface area contributed by atoms with Gasteiger partial charge in [0, 0.05) is 27.5 Å². The van der Waals surface area contributed by atoms with Crippen LogP contribution in [0.2, 0.25) is 0 Å². The highest BCUT2D eigenvalue weighted by Crippen LogP contribution is 2.42. The molecule has 146 valence electrons. The lowest BCUT2D eigenvalue weighted by Crippen LogP contribution is -2.18. The number of nitrogens with zero attached hydrogens (tertiary/aromatic N) is 4. The SMILES string of the molecule is C=CCSc1nnc2c(n1)O[C@@H](c1ccccc1[N+](=O)[O-])Nc1ccc(Br)cc1-2. The molecule has 1 aliphatic rings. The number of hydrogen-bond acceptors (Lipinski definition) is 8. The van der Waals surface area contributed by atoms with Crippen LogP contribution in [-0.4, -0.2) is 25.9 Å². The molecule has 1 aliphatic heterocycles. The highest BCUT2D eigenvalue weighted by atomic mass is 79.9. The second-order valence-electron chi connectivity index (χ2n) is 6.00. The van der Waals surface area contributed by atoms with Crippen LogP contribution in [0.1, 0.15) is 11.8 Å². The number of ether oxygens (including phenoxy) is 1. The third-order valence-electron chi connectivity index (χ3n) is 4.13. The Morgan fingerprint density at radius 2 is 2.14 bits per heavy atom. The third kappa shape index (κ3) is 3.94. The zero-order chi connectivity index (χ0) is 20.4. The van der Waals surface area contributed by atoms with Crippen molar-refractivity contribution in [3.05, 3.63) is 75.3 Å². The minimum atomic E-state index is -0.827. The smallest absolute Gasteiger partial charge is 0.278 e. The fourth-order valence-electron chi connectivity index (χ4n) is 2.88. The van der Waals surface area contributed by atoms with Crippen LogP contribution in [0.4, 0.5) is 11.4 Å². The first-order valence-electron chi connectivity index (χ1n) is 8.51. The molecule has 0 radical (unpaired) electrons.